The minimum atomic E-state index is -0.144. The van der Waals surface area contributed by atoms with Gasteiger partial charge in [0.25, 0.3) is 0 Å². The van der Waals surface area contributed by atoms with Crippen LogP contribution in [0.25, 0.3) is 0 Å². The number of nitrogens with one attached hydrogen (secondary N) is 1. The standard InChI is InChI=1S/C23H29N3O2S/c27-21(25-18-4-3-5-18)14-17-15-23(28-20-7-2-1-6-19(17)20)8-11-26(12-9-23)16-22-24-10-13-29-22/h1-2,6-7,10,13,17-18H,3-5,8-9,11-12,14-16H2,(H,25,27)/t17-/m1/s1. The monoisotopic (exact) mass is 411 g/mol. The molecule has 2 fully saturated rings. The molecule has 0 unspecified atom stereocenters. The molecule has 154 valence electrons. The van der Waals surface area contributed by atoms with Crippen LogP contribution in [0.2, 0.25) is 0 Å². The molecule has 2 aromatic rings. The van der Waals surface area contributed by atoms with Gasteiger partial charge >= 0.3 is 0 Å². The smallest absolute Gasteiger partial charge is 0.220 e. The number of carbonyl (C=O) groups excluding carboxylic acids is 1. The Kier molecular flexibility index (Phi) is 5.31. The first kappa shape index (κ1) is 19.1. The van der Waals surface area contributed by atoms with E-state index in [2.05, 4.69) is 33.4 Å². The number of rotatable bonds is 5. The molecule has 6 heteroatoms. The Balaban J connectivity index is 1.27. The highest BCUT2D eigenvalue weighted by Gasteiger charge is 2.43. The number of amides is 1. The first-order chi connectivity index (χ1) is 14.2. The number of ether oxygens (including phenoxy) is 1. The van der Waals surface area contributed by atoms with Gasteiger partial charge in [0.05, 0.1) is 6.54 Å². The fraction of sp³-hybridized carbons (Fsp3) is 0.565. The highest BCUT2D eigenvalue weighted by Crippen LogP contribution is 2.46. The maximum atomic E-state index is 12.7. The van der Waals surface area contributed by atoms with Crippen molar-refractivity contribution in [1.82, 2.24) is 15.2 Å². The Morgan fingerprint density at radius 1 is 1.28 bits per heavy atom. The molecule has 2 aliphatic heterocycles. The third-order valence-corrected chi connectivity index (χ3v) is 7.58. The zero-order valence-corrected chi connectivity index (χ0v) is 17.6. The molecule has 1 aromatic carbocycles. The molecule has 1 spiro atoms. The number of carbonyl (C=O) groups is 1. The van der Waals surface area contributed by atoms with Crippen LogP contribution in [0, 0.1) is 0 Å². The average Bonchev–Trinajstić information content (AvgIpc) is 3.20. The van der Waals surface area contributed by atoms with E-state index in [9.17, 15) is 4.79 Å². The van der Waals surface area contributed by atoms with Crippen molar-refractivity contribution in [2.75, 3.05) is 13.1 Å². The Hall–Kier alpha value is -1.92. The number of aromatic nitrogens is 1. The summed E-state index contributed by atoms with van der Waals surface area (Å²) < 4.78 is 6.60. The quantitative estimate of drug-likeness (QED) is 0.805. The molecule has 0 bridgehead atoms. The second-order valence-electron chi connectivity index (χ2n) is 8.83. The predicted octanol–water partition coefficient (Wildman–Crippen LogP) is 4.10. The molecule has 1 N–H and O–H groups in total. The largest absolute Gasteiger partial charge is 0.487 e. The lowest BCUT2D eigenvalue weighted by molar-refractivity contribution is -0.123. The van der Waals surface area contributed by atoms with Crippen molar-refractivity contribution in [3.63, 3.8) is 0 Å². The van der Waals surface area contributed by atoms with E-state index in [4.69, 9.17) is 4.74 Å². The van der Waals surface area contributed by atoms with E-state index in [0.717, 1.165) is 57.5 Å². The molecule has 1 saturated carbocycles. The molecule has 1 atom stereocenters. The van der Waals surface area contributed by atoms with Crippen molar-refractivity contribution in [2.45, 2.75) is 69.1 Å². The Labute approximate surface area is 176 Å². The molecule has 3 aliphatic rings. The number of fused-ring (bicyclic) bond motifs is 1. The molecule has 5 rings (SSSR count). The summed E-state index contributed by atoms with van der Waals surface area (Å²) >= 11 is 1.72. The van der Waals surface area contributed by atoms with E-state index in [1.165, 1.54) is 17.0 Å². The summed E-state index contributed by atoms with van der Waals surface area (Å²) in [5.41, 5.74) is 1.06. The topological polar surface area (TPSA) is 54.5 Å². The van der Waals surface area contributed by atoms with Gasteiger partial charge in [0.15, 0.2) is 0 Å². The van der Waals surface area contributed by atoms with E-state index in [1.807, 2.05) is 17.6 Å². The normalized spacial score (nSPS) is 23.8. The summed E-state index contributed by atoms with van der Waals surface area (Å²) in [6.07, 6.45) is 8.91. The van der Waals surface area contributed by atoms with Gasteiger partial charge in [-0.25, -0.2) is 4.98 Å². The molecular weight excluding hydrogens is 382 g/mol. The SMILES string of the molecule is O=C(C[C@@H]1CC2(CCN(Cc3nccs3)CC2)Oc2ccccc21)NC1CCC1. The van der Waals surface area contributed by atoms with Gasteiger partial charge in [0.1, 0.15) is 16.4 Å². The molecule has 1 amide bonds. The second-order valence-corrected chi connectivity index (χ2v) is 9.80. The number of thiazole rings is 1. The molecule has 1 aromatic heterocycles. The zero-order valence-electron chi connectivity index (χ0n) is 16.8. The summed E-state index contributed by atoms with van der Waals surface area (Å²) in [4.78, 5) is 19.6. The first-order valence-electron chi connectivity index (χ1n) is 10.9. The third-order valence-electron chi connectivity index (χ3n) is 6.82. The number of para-hydroxylation sites is 1. The van der Waals surface area contributed by atoms with Gasteiger partial charge in [0.2, 0.25) is 5.91 Å². The average molecular weight is 412 g/mol. The Bertz CT molecular complexity index is 842. The third kappa shape index (κ3) is 4.19. The summed E-state index contributed by atoms with van der Waals surface area (Å²) in [6, 6.07) is 8.73. The highest BCUT2D eigenvalue weighted by atomic mass is 32.1. The molecular formula is C23H29N3O2S. The molecule has 1 saturated heterocycles. The summed E-state index contributed by atoms with van der Waals surface area (Å²) in [7, 11) is 0. The Morgan fingerprint density at radius 3 is 2.83 bits per heavy atom. The molecule has 1 aliphatic carbocycles. The van der Waals surface area contributed by atoms with Crippen molar-refractivity contribution < 1.29 is 9.53 Å². The van der Waals surface area contributed by atoms with E-state index >= 15 is 0 Å². The molecule has 5 nitrogen and oxygen atoms in total. The Morgan fingerprint density at radius 2 is 2.10 bits per heavy atom. The molecule has 0 radical (unpaired) electrons. The number of benzene rings is 1. The van der Waals surface area contributed by atoms with Crippen LogP contribution in [-0.2, 0) is 11.3 Å². The van der Waals surface area contributed by atoms with Gasteiger partial charge in [-0.1, -0.05) is 18.2 Å². The number of hydrogen-bond donors (Lipinski definition) is 1. The summed E-state index contributed by atoms with van der Waals surface area (Å²) in [5, 5.41) is 6.45. The summed E-state index contributed by atoms with van der Waals surface area (Å²) in [5.74, 6) is 1.42. The highest BCUT2D eigenvalue weighted by molar-refractivity contribution is 7.09. The molecule has 3 heterocycles. The van der Waals surface area contributed by atoms with Gasteiger partial charge in [-0.3, -0.25) is 9.69 Å². The lowest BCUT2D eigenvalue weighted by atomic mass is 9.76. The van der Waals surface area contributed by atoms with Gasteiger partial charge < -0.3 is 10.1 Å². The van der Waals surface area contributed by atoms with Gasteiger partial charge in [-0.05, 0) is 50.2 Å². The van der Waals surface area contributed by atoms with Crippen LogP contribution < -0.4 is 10.1 Å². The number of hydrogen-bond acceptors (Lipinski definition) is 5. The minimum Gasteiger partial charge on any atom is -0.487 e. The zero-order chi connectivity index (χ0) is 19.7. The fourth-order valence-electron chi connectivity index (χ4n) is 4.94. The van der Waals surface area contributed by atoms with Crippen molar-refractivity contribution >= 4 is 17.2 Å². The fourth-order valence-corrected chi connectivity index (χ4v) is 5.59. The van der Waals surface area contributed by atoms with Crippen LogP contribution in [-0.4, -0.2) is 40.5 Å². The second kappa shape index (κ2) is 8.07. The van der Waals surface area contributed by atoms with Crippen LogP contribution in [0.15, 0.2) is 35.8 Å². The lowest BCUT2D eigenvalue weighted by Crippen LogP contribution is -2.50. The van der Waals surface area contributed by atoms with E-state index in [0.29, 0.717) is 12.5 Å². The van der Waals surface area contributed by atoms with Crippen LogP contribution in [0.5, 0.6) is 5.75 Å². The van der Waals surface area contributed by atoms with Crippen molar-refractivity contribution in [3.05, 3.63) is 46.4 Å². The van der Waals surface area contributed by atoms with Crippen molar-refractivity contribution in [2.24, 2.45) is 0 Å². The van der Waals surface area contributed by atoms with Crippen LogP contribution in [0.3, 0.4) is 0 Å². The van der Waals surface area contributed by atoms with Crippen LogP contribution in [0.4, 0.5) is 0 Å². The van der Waals surface area contributed by atoms with Gasteiger partial charge in [0, 0.05) is 43.0 Å². The van der Waals surface area contributed by atoms with E-state index in [1.54, 1.807) is 11.3 Å². The van der Waals surface area contributed by atoms with Crippen LogP contribution >= 0.6 is 11.3 Å². The van der Waals surface area contributed by atoms with Crippen molar-refractivity contribution in [1.29, 1.82) is 0 Å². The number of nitrogens with zero attached hydrogens (tertiary/aromatic N) is 2. The number of piperidine rings is 1. The maximum absolute atomic E-state index is 12.7. The number of likely N-dealkylation sites (tertiary alicyclic amines) is 1. The van der Waals surface area contributed by atoms with Gasteiger partial charge in [-0.2, -0.15) is 0 Å². The molecule has 29 heavy (non-hydrogen) atoms. The summed E-state index contributed by atoms with van der Waals surface area (Å²) in [6.45, 7) is 2.96. The minimum absolute atomic E-state index is 0.144. The lowest BCUT2D eigenvalue weighted by Gasteiger charge is -2.47. The van der Waals surface area contributed by atoms with Gasteiger partial charge in [-0.15, -0.1) is 11.3 Å². The predicted molar refractivity (Wildman–Crippen MR) is 114 cm³/mol. The maximum Gasteiger partial charge on any atom is 0.220 e. The van der Waals surface area contributed by atoms with Crippen molar-refractivity contribution in [3.8, 4) is 5.75 Å². The van der Waals surface area contributed by atoms with E-state index in [-0.39, 0.29) is 17.4 Å². The van der Waals surface area contributed by atoms with Crippen LogP contribution in [0.1, 0.15) is 61.4 Å². The van der Waals surface area contributed by atoms with E-state index < -0.39 is 0 Å². The first-order valence-corrected chi connectivity index (χ1v) is 11.8.